The van der Waals surface area contributed by atoms with E-state index in [9.17, 15) is 18.8 Å². The molecule has 4 rings (SSSR count). The van der Waals surface area contributed by atoms with Crippen molar-refractivity contribution in [2.45, 2.75) is 52.5 Å². The molecule has 0 radical (unpaired) electrons. The summed E-state index contributed by atoms with van der Waals surface area (Å²) in [5, 5.41) is 5.86. The van der Waals surface area contributed by atoms with Gasteiger partial charge >= 0.3 is 0 Å². The standard InChI is InChI=1S/C34H41FN4O3/c1-4-29(26-9-6-5-7-10-26)34(42)39-18-8-17-38(19-20-39)31-16-15-28(37-32(40)21-24(2)3)22-30(31)33(41)36-23-25-11-13-27(35)14-12-25/h5-7,9-16,22,24,29H,4,8,17-21,23H2,1-3H3,(H,36,41)(H,37,40)/t29-/m0/s1. The number of carbonyl (C=O) groups is 3. The van der Waals surface area contributed by atoms with E-state index >= 15 is 0 Å². The Morgan fingerprint density at radius 2 is 1.64 bits per heavy atom. The van der Waals surface area contributed by atoms with Gasteiger partial charge in [-0.05, 0) is 60.2 Å². The first-order chi connectivity index (χ1) is 20.2. The van der Waals surface area contributed by atoms with Gasteiger partial charge in [0.25, 0.3) is 5.91 Å². The predicted octanol–water partition coefficient (Wildman–Crippen LogP) is 5.97. The third kappa shape index (κ3) is 8.18. The summed E-state index contributed by atoms with van der Waals surface area (Å²) in [7, 11) is 0. The summed E-state index contributed by atoms with van der Waals surface area (Å²) in [6.07, 6.45) is 1.87. The molecule has 0 spiro atoms. The predicted molar refractivity (Wildman–Crippen MR) is 165 cm³/mol. The van der Waals surface area contributed by atoms with E-state index in [0.717, 1.165) is 29.7 Å². The quantitative estimate of drug-likeness (QED) is 0.314. The summed E-state index contributed by atoms with van der Waals surface area (Å²) in [5.41, 5.74) is 3.55. The van der Waals surface area contributed by atoms with E-state index in [1.165, 1.54) is 12.1 Å². The van der Waals surface area contributed by atoms with E-state index in [2.05, 4.69) is 15.5 Å². The molecule has 0 aromatic heterocycles. The van der Waals surface area contributed by atoms with Crippen LogP contribution in [0.3, 0.4) is 0 Å². The highest BCUT2D eigenvalue weighted by molar-refractivity contribution is 6.02. The van der Waals surface area contributed by atoms with E-state index in [-0.39, 0.29) is 41.9 Å². The van der Waals surface area contributed by atoms with Crippen LogP contribution >= 0.6 is 0 Å². The van der Waals surface area contributed by atoms with Crippen molar-refractivity contribution in [2.75, 3.05) is 36.4 Å². The van der Waals surface area contributed by atoms with Gasteiger partial charge in [-0.25, -0.2) is 4.39 Å². The normalized spacial score (nSPS) is 14.3. The van der Waals surface area contributed by atoms with Crippen LogP contribution in [0.2, 0.25) is 0 Å². The van der Waals surface area contributed by atoms with Gasteiger partial charge in [-0.1, -0.05) is 63.2 Å². The number of halogens is 1. The Kier molecular flexibility index (Phi) is 10.7. The molecule has 1 atom stereocenters. The maximum atomic E-state index is 13.5. The lowest BCUT2D eigenvalue weighted by atomic mass is 9.95. The van der Waals surface area contributed by atoms with Crippen molar-refractivity contribution in [2.24, 2.45) is 5.92 Å². The van der Waals surface area contributed by atoms with Crippen LogP contribution in [0.1, 0.15) is 67.4 Å². The van der Waals surface area contributed by atoms with E-state index in [1.54, 1.807) is 18.2 Å². The molecule has 0 aliphatic carbocycles. The van der Waals surface area contributed by atoms with Gasteiger partial charge in [0.15, 0.2) is 0 Å². The first-order valence-electron chi connectivity index (χ1n) is 14.8. The van der Waals surface area contributed by atoms with Gasteiger partial charge in [0, 0.05) is 50.5 Å². The van der Waals surface area contributed by atoms with Crippen molar-refractivity contribution in [3.63, 3.8) is 0 Å². The second kappa shape index (κ2) is 14.6. The third-order valence-corrected chi connectivity index (χ3v) is 7.54. The minimum atomic E-state index is -0.333. The Balaban J connectivity index is 1.53. The third-order valence-electron chi connectivity index (χ3n) is 7.54. The maximum absolute atomic E-state index is 13.5. The smallest absolute Gasteiger partial charge is 0.253 e. The fourth-order valence-electron chi connectivity index (χ4n) is 5.37. The fraction of sp³-hybridized carbons (Fsp3) is 0.382. The Morgan fingerprint density at radius 1 is 0.905 bits per heavy atom. The van der Waals surface area contributed by atoms with Crippen LogP contribution in [0.5, 0.6) is 0 Å². The molecule has 0 unspecified atom stereocenters. The monoisotopic (exact) mass is 572 g/mol. The average molecular weight is 573 g/mol. The molecule has 3 amide bonds. The number of amides is 3. The van der Waals surface area contributed by atoms with Gasteiger partial charge < -0.3 is 20.4 Å². The second-order valence-corrected chi connectivity index (χ2v) is 11.2. The Labute approximate surface area is 248 Å². The van der Waals surface area contributed by atoms with Gasteiger partial charge in [-0.15, -0.1) is 0 Å². The van der Waals surface area contributed by atoms with Crippen molar-refractivity contribution in [1.82, 2.24) is 10.2 Å². The zero-order valence-electron chi connectivity index (χ0n) is 24.7. The molecule has 42 heavy (non-hydrogen) atoms. The van der Waals surface area contributed by atoms with Crippen molar-refractivity contribution < 1.29 is 18.8 Å². The first-order valence-corrected chi connectivity index (χ1v) is 14.8. The fourth-order valence-corrected chi connectivity index (χ4v) is 5.37. The summed E-state index contributed by atoms with van der Waals surface area (Å²) in [6, 6.07) is 21.3. The Bertz CT molecular complexity index is 1360. The summed E-state index contributed by atoms with van der Waals surface area (Å²) >= 11 is 0. The number of benzene rings is 3. The van der Waals surface area contributed by atoms with E-state index in [4.69, 9.17) is 0 Å². The zero-order chi connectivity index (χ0) is 30.1. The van der Waals surface area contributed by atoms with E-state index < -0.39 is 0 Å². The number of hydrogen-bond donors (Lipinski definition) is 2. The van der Waals surface area contributed by atoms with Crippen molar-refractivity contribution in [1.29, 1.82) is 0 Å². The molecule has 222 valence electrons. The van der Waals surface area contributed by atoms with Crippen LogP contribution in [-0.4, -0.2) is 48.8 Å². The lowest BCUT2D eigenvalue weighted by Gasteiger charge is -2.28. The molecular formula is C34H41FN4O3. The van der Waals surface area contributed by atoms with Crippen molar-refractivity contribution in [3.05, 3.63) is 95.3 Å². The topological polar surface area (TPSA) is 81.8 Å². The first kappa shape index (κ1) is 30.8. The molecule has 1 heterocycles. The van der Waals surface area contributed by atoms with Crippen molar-refractivity contribution >= 4 is 29.1 Å². The van der Waals surface area contributed by atoms with E-state index in [1.807, 2.05) is 68.1 Å². The highest BCUT2D eigenvalue weighted by Crippen LogP contribution is 2.28. The van der Waals surface area contributed by atoms with Gasteiger partial charge in [-0.3, -0.25) is 14.4 Å². The molecule has 7 nitrogen and oxygen atoms in total. The highest BCUT2D eigenvalue weighted by Gasteiger charge is 2.27. The number of nitrogens with one attached hydrogen (secondary N) is 2. The molecule has 3 aromatic carbocycles. The van der Waals surface area contributed by atoms with Crippen LogP contribution in [0.25, 0.3) is 0 Å². The lowest BCUT2D eigenvalue weighted by molar-refractivity contribution is -0.132. The molecule has 0 bridgehead atoms. The van der Waals surface area contributed by atoms with E-state index in [0.29, 0.717) is 43.9 Å². The number of rotatable bonds is 10. The van der Waals surface area contributed by atoms with Gasteiger partial charge in [0.2, 0.25) is 11.8 Å². The van der Waals surface area contributed by atoms with Gasteiger partial charge in [-0.2, -0.15) is 0 Å². The van der Waals surface area contributed by atoms with Crippen molar-refractivity contribution in [3.8, 4) is 0 Å². The minimum Gasteiger partial charge on any atom is -0.369 e. The van der Waals surface area contributed by atoms with Crippen LogP contribution in [0.4, 0.5) is 15.8 Å². The van der Waals surface area contributed by atoms with Crippen LogP contribution in [-0.2, 0) is 16.1 Å². The van der Waals surface area contributed by atoms with Crippen LogP contribution in [0, 0.1) is 11.7 Å². The lowest BCUT2D eigenvalue weighted by Crippen LogP contribution is -2.38. The summed E-state index contributed by atoms with van der Waals surface area (Å²) in [4.78, 5) is 43.6. The largest absolute Gasteiger partial charge is 0.369 e. The molecule has 1 fully saturated rings. The number of anilines is 2. The molecule has 1 aliphatic rings. The van der Waals surface area contributed by atoms with Gasteiger partial charge in [0.1, 0.15) is 5.82 Å². The molecule has 0 saturated carbocycles. The summed E-state index contributed by atoms with van der Waals surface area (Å²) in [5.74, 6) is -0.574. The Hall–Kier alpha value is -4.20. The number of hydrogen-bond acceptors (Lipinski definition) is 4. The van der Waals surface area contributed by atoms with Crippen LogP contribution < -0.4 is 15.5 Å². The van der Waals surface area contributed by atoms with Gasteiger partial charge in [0.05, 0.1) is 11.5 Å². The molecule has 8 heteroatoms. The molecule has 2 N–H and O–H groups in total. The molecular weight excluding hydrogens is 531 g/mol. The number of nitrogens with zero attached hydrogens (tertiary/aromatic N) is 2. The SMILES string of the molecule is CC[C@H](C(=O)N1CCCN(c2ccc(NC(=O)CC(C)C)cc2C(=O)NCc2ccc(F)cc2)CC1)c1ccccc1. The van der Waals surface area contributed by atoms with Crippen LogP contribution in [0.15, 0.2) is 72.8 Å². The minimum absolute atomic E-state index is 0.108. The summed E-state index contributed by atoms with van der Waals surface area (Å²) < 4.78 is 13.3. The molecule has 3 aromatic rings. The molecule has 1 saturated heterocycles. The zero-order valence-corrected chi connectivity index (χ0v) is 24.7. The molecule has 1 aliphatic heterocycles. The Morgan fingerprint density at radius 3 is 2.33 bits per heavy atom. The number of carbonyl (C=O) groups excluding carboxylic acids is 3. The summed E-state index contributed by atoms with van der Waals surface area (Å²) in [6.45, 7) is 8.69. The average Bonchev–Trinajstić information content (AvgIpc) is 3.23. The highest BCUT2D eigenvalue weighted by atomic mass is 19.1. The maximum Gasteiger partial charge on any atom is 0.253 e. The second-order valence-electron chi connectivity index (χ2n) is 11.2.